The van der Waals surface area contributed by atoms with Crippen LogP contribution < -0.4 is 4.74 Å². The summed E-state index contributed by atoms with van der Waals surface area (Å²) in [6.45, 7) is 1.33. The third-order valence-electron chi connectivity index (χ3n) is 7.94. The van der Waals surface area contributed by atoms with Gasteiger partial charge in [-0.2, -0.15) is 5.10 Å². The predicted octanol–water partition coefficient (Wildman–Crippen LogP) is 5.92. The van der Waals surface area contributed by atoms with Crippen LogP contribution in [-0.2, 0) is 31.4 Å². The van der Waals surface area contributed by atoms with Gasteiger partial charge in [0.15, 0.2) is 0 Å². The van der Waals surface area contributed by atoms with Crippen molar-refractivity contribution in [3.63, 3.8) is 0 Å². The number of carbonyl (C=O) groups is 1. The molecule has 1 N–H and O–H groups in total. The van der Waals surface area contributed by atoms with Crippen molar-refractivity contribution in [2.45, 2.75) is 32.1 Å². The first-order valence-electron chi connectivity index (χ1n) is 14.2. The molecule has 0 amide bonds. The number of imidazole rings is 1. The summed E-state index contributed by atoms with van der Waals surface area (Å²) >= 11 is 0. The highest BCUT2D eigenvalue weighted by Gasteiger charge is 2.23. The molecule has 222 valence electrons. The largest absolute Gasteiger partial charge is 0.478 e. The topological polar surface area (TPSA) is 104 Å². The average molecular weight is 596 g/mol. The molecule has 0 radical (unpaired) electrons. The van der Waals surface area contributed by atoms with E-state index in [1.54, 1.807) is 41.2 Å². The normalized spacial score (nSPS) is 14.7. The minimum absolute atomic E-state index is 0.00466. The number of hydrogen-bond donors (Lipinski definition) is 1. The summed E-state index contributed by atoms with van der Waals surface area (Å²) in [6.07, 6.45) is 2.59. The van der Waals surface area contributed by atoms with E-state index in [0.717, 1.165) is 35.0 Å². The minimum Gasteiger partial charge on any atom is -0.478 e. The van der Waals surface area contributed by atoms with Crippen molar-refractivity contribution in [3.05, 3.63) is 107 Å². The van der Waals surface area contributed by atoms with Crippen LogP contribution in [0.1, 0.15) is 33.7 Å². The van der Waals surface area contributed by atoms with Gasteiger partial charge in [0, 0.05) is 37.1 Å². The molecule has 0 saturated carbocycles. The van der Waals surface area contributed by atoms with Gasteiger partial charge in [0.25, 0.3) is 0 Å². The molecule has 9 nitrogen and oxygen atoms in total. The number of nitrogens with zero attached hydrogens (tertiary/aromatic N) is 5. The Morgan fingerprint density at radius 3 is 2.70 bits per heavy atom. The maximum Gasteiger partial charge on any atom is 0.335 e. The van der Waals surface area contributed by atoms with Crippen LogP contribution in [0.5, 0.6) is 5.88 Å². The lowest BCUT2D eigenvalue weighted by Gasteiger charge is -2.27. The van der Waals surface area contributed by atoms with E-state index in [9.17, 15) is 9.90 Å². The van der Waals surface area contributed by atoms with E-state index in [0.29, 0.717) is 30.0 Å². The number of aryl methyl sites for hydroxylation is 1. The van der Waals surface area contributed by atoms with Crippen LogP contribution in [0.25, 0.3) is 33.2 Å². The molecule has 1 saturated heterocycles. The number of aromatic carboxylic acids is 1. The van der Waals surface area contributed by atoms with Gasteiger partial charge in [-0.25, -0.2) is 23.5 Å². The smallest absolute Gasteiger partial charge is 0.335 e. The first-order chi connectivity index (χ1) is 21.3. The molecule has 1 fully saturated rings. The molecular weight excluding hydrogens is 568 g/mol. The fourth-order valence-electron chi connectivity index (χ4n) is 5.47. The summed E-state index contributed by atoms with van der Waals surface area (Å²) < 4.78 is 46.1. The molecule has 3 aromatic heterocycles. The number of pyridine rings is 1. The van der Waals surface area contributed by atoms with Crippen molar-refractivity contribution in [1.82, 2.24) is 24.3 Å². The third kappa shape index (κ3) is 5.26. The molecule has 7 rings (SSSR count). The van der Waals surface area contributed by atoms with Crippen LogP contribution in [0.2, 0.25) is 0 Å². The molecule has 11 heteroatoms. The minimum atomic E-state index is -1.06. The summed E-state index contributed by atoms with van der Waals surface area (Å²) in [5.74, 6) is -1.53. The van der Waals surface area contributed by atoms with Gasteiger partial charge in [0.05, 0.1) is 46.7 Å². The van der Waals surface area contributed by atoms with Crippen molar-refractivity contribution in [2.24, 2.45) is 7.05 Å². The second-order valence-electron chi connectivity index (χ2n) is 10.8. The Kier molecular flexibility index (Phi) is 7.01. The zero-order chi connectivity index (χ0) is 30.4. The fraction of sp³-hybridized carbons (Fsp3) is 0.212. The number of carboxylic acids is 1. The quantitative estimate of drug-likeness (QED) is 0.221. The van der Waals surface area contributed by atoms with Gasteiger partial charge < -0.3 is 19.1 Å². The summed E-state index contributed by atoms with van der Waals surface area (Å²) in [4.78, 5) is 20.6. The molecule has 6 aromatic rings. The lowest BCUT2D eigenvalue weighted by molar-refractivity contribution is -0.0589. The van der Waals surface area contributed by atoms with E-state index in [-0.39, 0.29) is 47.4 Å². The number of halogens is 2. The van der Waals surface area contributed by atoms with E-state index in [2.05, 4.69) is 15.1 Å². The van der Waals surface area contributed by atoms with Crippen molar-refractivity contribution < 1.29 is 28.2 Å². The van der Waals surface area contributed by atoms with Crippen LogP contribution in [0, 0.1) is 11.6 Å². The third-order valence-corrected chi connectivity index (χ3v) is 7.94. The molecule has 0 aliphatic carbocycles. The van der Waals surface area contributed by atoms with E-state index >= 15 is 8.78 Å². The maximum absolute atomic E-state index is 15.5. The number of benzene rings is 3. The van der Waals surface area contributed by atoms with Gasteiger partial charge in [-0.05, 0) is 66.1 Å². The number of fused-ring (bicyclic) bond motifs is 2. The van der Waals surface area contributed by atoms with Crippen LogP contribution in [0.3, 0.4) is 0 Å². The SMILES string of the molecule is Cn1ncc2cc(COc3cccc(-c4cc(F)c(Cc5nc6ccc(C(=O)O)cc6n5CC5CCO5)cc4F)n3)ccc21. The van der Waals surface area contributed by atoms with Crippen molar-refractivity contribution in [1.29, 1.82) is 0 Å². The van der Waals surface area contributed by atoms with Crippen molar-refractivity contribution >= 4 is 27.9 Å². The number of carboxylic acid groups (broad SMARTS) is 1. The maximum atomic E-state index is 15.5. The van der Waals surface area contributed by atoms with E-state index in [4.69, 9.17) is 9.47 Å². The lowest BCUT2D eigenvalue weighted by Crippen LogP contribution is -2.31. The standard InChI is InChI=1S/C33H27F2N5O4/c1-39-29-8-5-19(11-22(29)16-36-39)18-44-32-4-2-3-27(38-32)24-15-25(34)21(12-26(24)35)14-31-37-28-7-6-20(33(41)42)13-30(28)40(31)17-23-9-10-43-23/h2-8,11-13,15-16,23H,9-10,14,17-18H2,1H3,(H,41,42). The number of ether oxygens (including phenoxy) is 2. The van der Waals surface area contributed by atoms with E-state index in [1.165, 1.54) is 6.07 Å². The van der Waals surface area contributed by atoms with Gasteiger partial charge in [-0.15, -0.1) is 0 Å². The van der Waals surface area contributed by atoms with Gasteiger partial charge in [0.1, 0.15) is 24.1 Å². The predicted molar refractivity (Wildman–Crippen MR) is 158 cm³/mol. The molecule has 1 unspecified atom stereocenters. The second-order valence-corrected chi connectivity index (χ2v) is 10.8. The highest BCUT2D eigenvalue weighted by atomic mass is 19.1. The molecule has 44 heavy (non-hydrogen) atoms. The van der Waals surface area contributed by atoms with Crippen LogP contribution in [0.4, 0.5) is 8.78 Å². The van der Waals surface area contributed by atoms with E-state index in [1.807, 2.05) is 29.8 Å². The molecule has 1 aliphatic heterocycles. The van der Waals surface area contributed by atoms with Crippen LogP contribution in [-0.4, -0.2) is 48.1 Å². The highest BCUT2D eigenvalue weighted by molar-refractivity contribution is 5.92. The van der Waals surface area contributed by atoms with Gasteiger partial charge in [0.2, 0.25) is 5.88 Å². The first kappa shape index (κ1) is 27.7. The summed E-state index contributed by atoms with van der Waals surface area (Å²) in [6, 6.07) is 17.8. The Labute approximate surface area is 250 Å². The Balaban J connectivity index is 1.14. The molecule has 4 heterocycles. The number of aromatic nitrogens is 5. The Bertz CT molecular complexity index is 2050. The monoisotopic (exact) mass is 595 g/mol. The summed E-state index contributed by atoms with van der Waals surface area (Å²) in [5.41, 5.74) is 3.60. The Hall–Kier alpha value is -5.16. The molecule has 0 bridgehead atoms. The molecule has 0 spiro atoms. The summed E-state index contributed by atoms with van der Waals surface area (Å²) in [7, 11) is 1.88. The van der Waals surface area contributed by atoms with Crippen LogP contribution >= 0.6 is 0 Å². The zero-order valence-electron chi connectivity index (χ0n) is 23.7. The van der Waals surface area contributed by atoms with Gasteiger partial charge >= 0.3 is 5.97 Å². The Morgan fingerprint density at radius 1 is 1.05 bits per heavy atom. The molecular formula is C33H27F2N5O4. The van der Waals surface area contributed by atoms with Gasteiger partial charge in [-0.3, -0.25) is 4.68 Å². The van der Waals surface area contributed by atoms with Crippen LogP contribution in [0.15, 0.2) is 72.9 Å². The lowest BCUT2D eigenvalue weighted by atomic mass is 10.0. The first-order valence-corrected chi connectivity index (χ1v) is 14.2. The molecule has 1 aliphatic rings. The highest BCUT2D eigenvalue weighted by Crippen LogP contribution is 2.29. The fourth-order valence-corrected chi connectivity index (χ4v) is 5.47. The zero-order valence-corrected chi connectivity index (χ0v) is 23.7. The van der Waals surface area contributed by atoms with Gasteiger partial charge in [-0.1, -0.05) is 12.1 Å². The Morgan fingerprint density at radius 2 is 1.91 bits per heavy atom. The van der Waals surface area contributed by atoms with Crippen molar-refractivity contribution in [2.75, 3.05) is 6.61 Å². The van der Waals surface area contributed by atoms with Crippen molar-refractivity contribution in [3.8, 4) is 17.1 Å². The molecule has 1 atom stereocenters. The second kappa shape index (κ2) is 11.2. The molecule has 3 aromatic carbocycles. The average Bonchev–Trinajstić information content (AvgIpc) is 3.54. The number of hydrogen-bond acceptors (Lipinski definition) is 6. The van der Waals surface area contributed by atoms with E-state index < -0.39 is 17.6 Å². The number of rotatable bonds is 9. The summed E-state index contributed by atoms with van der Waals surface area (Å²) in [5, 5.41) is 14.7.